The van der Waals surface area contributed by atoms with Gasteiger partial charge in [-0.15, -0.1) is 0 Å². The Bertz CT molecular complexity index is 1140. The van der Waals surface area contributed by atoms with Crippen LogP contribution in [0.4, 0.5) is 5.69 Å². The van der Waals surface area contributed by atoms with Crippen LogP contribution in [0, 0.1) is 0 Å². The van der Waals surface area contributed by atoms with E-state index in [4.69, 9.17) is 27.9 Å². The lowest BCUT2D eigenvalue weighted by Gasteiger charge is -2.32. The van der Waals surface area contributed by atoms with Crippen LogP contribution in [0.2, 0.25) is 10.0 Å². The molecule has 186 valence electrons. The summed E-state index contributed by atoms with van der Waals surface area (Å²) in [6, 6.07) is 10.4. The summed E-state index contributed by atoms with van der Waals surface area (Å²) in [5, 5.41) is 3.48. The highest BCUT2D eigenvalue weighted by Crippen LogP contribution is 2.33. The van der Waals surface area contributed by atoms with E-state index in [0.29, 0.717) is 10.6 Å². The molecule has 2 rings (SSSR count). The molecule has 0 heterocycles. The normalized spacial score (nSPS) is 12.2. The van der Waals surface area contributed by atoms with Crippen molar-refractivity contribution in [3.63, 3.8) is 0 Å². The van der Waals surface area contributed by atoms with Gasteiger partial charge in [-0.05, 0) is 50.6 Å². The number of anilines is 1. The number of carbonyl (C=O) groups is 2. The first-order valence-electron chi connectivity index (χ1n) is 10.5. The highest BCUT2D eigenvalue weighted by molar-refractivity contribution is 7.92. The van der Waals surface area contributed by atoms with Gasteiger partial charge in [-0.25, -0.2) is 8.42 Å². The van der Waals surface area contributed by atoms with Gasteiger partial charge in [0.25, 0.3) is 0 Å². The van der Waals surface area contributed by atoms with Crippen molar-refractivity contribution < 1.29 is 22.7 Å². The van der Waals surface area contributed by atoms with E-state index in [0.717, 1.165) is 10.6 Å². The Balaban J connectivity index is 2.48. The number of halogens is 2. The van der Waals surface area contributed by atoms with E-state index in [-0.39, 0.29) is 35.0 Å². The van der Waals surface area contributed by atoms with Gasteiger partial charge in [0.15, 0.2) is 0 Å². The Morgan fingerprint density at radius 2 is 1.74 bits per heavy atom. The van der Waals surface area contributed by atoms with E-state index >= 15 is 0 Å². The molecule has 2 aromatic carbocycles. The largest absolute Gasteiger partial charge is 0.495 e. The lowest BCUT2D eigenvalue weighted by Crippen LogP contribution is -2.52. The molecule has 34 heavy (non-hydrogen) atoms. The zero-order valence-electron chi connectivity index (χ0n) is 19.7. The number of carbonyl (C=O) groups excluding carboxylic acids is 2. The van der Waals surface area contributed by atoms with Gasteiger partial charge in [0.05, 0.1) is 19.1 Å². The van der Waals surface area contributed by atoms with Crippen molar-refractivity contribution in [3.8, 4) is 5.75 Å². The average molecular weight is 530 g/mol. The molecule has 1 unspecified atom stereocenters. The van der Waals surface area contributed by atoms with Crippen molar-refractivity contribution in [1.29, 1.82) is 0 Å². The maximum Gasteiger partial charge on any atom is 0.244 e. The van der Waals surface area contributed by atoms with E-state index in [1.807, 2.05) is 13.8 Å². The zero-order chi connectivity index (χ0) is 25.6. The second-order valence-electron chi connectivity index (χ2n) is 8.04. The summed E-state index contributed by atoms with van der Waals surface area (Å²) in [5.41, 5.74) is 0.732. The molecule has 0 saturated carbocycles. The lowest BCUT2D eigenvalue weighted by atomic mass is 10.1. The summed E-state index contributed by atoms with van der Waals surface area (Å²) in [4.78, 5) is 27.6. The van der Waals surface area contributed by atoms with Gasteiger partial charge in [0, 0.05) is 22.6 Å². The lowest BCUT2D eigenvalue weighted by molar-refractivity contribution is -0.139. The fourth-order valence-electron chi connectivity index (χ4n) is 3.25. The Morgan fingerprint density at radius 3 is 2.29 bits per heavy atom. The molecular weight excluding hydrogens is 501 g/mol. The van der Waals surface area contributed by atoms with Crippen molar-refractivity contribution in [1.82, 2.24) is 10.2 Å². The summed E-state index contributed by atoms with van der Waals surface area (Å²) in [6.07, 6.45) is 0.980. The molecule has 0 saturated heterocycles. The third kappa shape index (κ3) is 7.25. The molecule has 0 radical (unpaired) electrons. The SMILES string of the molecule is COc1ccc(Cl)cc1N(CC(=O)N(Cc1ccccc1Cl)C(C)C(=O)NC(C)C)S(C)(=O)=O. The summed E-state index contributed by atoms with van der Waals surface area (Å²) in [6.45, 7) is 4.63. The molecule has 1 N–H and O–H groups in total. The summed E-state index contributed by atoms with van der Waals surface area (Å²) >= 11 is 12.4. The van der Waals surface area contributed by atoms with Crippen molar-refractivity contribution in [3.05, 3.63) is 58.1 Å². The quantitative estimate of drug-likeness (QED) is 0.506. The van der Waals surface area contributed by atoms with E-state index in [1.54, 1.807) is 37.3 Å². The number of hydrogen-bond acceptors (Lipinski definition) is 5. The minimum Gasteiger partial charge on any atom is -0.495 e. The molecule has 1 atom stereocenters. The van der Waals surface area contributed by atoms with Crippen LogP contribution in [-0.2, 0) is 26.2 Å². The summed E-state index contributed by atoms with van der Waals surface area (Å²) in [5.74, 6) is -0.744. The molecule has 0 bridgehead atoms. The van der Waals surface area contributed by atoms with Crippen LogP contribution in [-0.4, -0.2) is 57.1 Å². The monoisotopic (exact) mass is 529 g/mol. The molecule has 0 aliphatic rings. The molecule has 0 aromatic heterocycles. The fraction of sp³-hybridized carbons (Fsp3) is 0.391. The second kappa shape index (κ2) is 11.8. The number of nitrogens with zero attached hydrogens (tertiary/aromatic N) is 2. The van der Waals surface area contributed by atoms with Crippen molar-refractivity contribution >= 4 is 50.7 Å². The first-order valence-corrected chi connectivity index (χ1v) is 13.1. The topological polar surface area (TPSA) is 96.0 Å². The molecule has 2 amide bonds. The molecule has 0 aliphatic heterocycles. The van der Waals surface area contributed by atoms with Crippen LogP contribution in [0.5, 0.6) is 5.75 Å². The van der Waals surface area contributed by atoms with Gasteiger partial charge in [0.2, 0.25) is 21.8 Å². The van der Waals surface area contributed by atoms with Gasteiger partial charge < -0.3 is 15.0 Å². The summed E-state index contributed by atoms with van der Waals surface area (Å²) < 4.78 is 31.6. The van der Waals surface area contributed by atoms with Crippen LogP contribution < -0.4 is 14.4 Å². The van der Waals surface area contributed by atoms with Crippen LogP contribution in [0.1, 0.15) is 26.3 Å². The van der Waals surface area contributed by atoms with Gasteiger partial charge in [0.1, 0.15) is 18.3 Å². The first-order chi connectivity index (χ1) is 15.8. The minimum atomic E-state index is -3.92. The Morgan fingerprint density at radius 1 is 1.09 bits per heavy atom. The highest BCUT2D eigenvalue weighted by atomic mass is 35.5. The zero-order valence-corrected chi connectivity index (χ0v) is 22.0. The van der Waals surface area contributed by atoms with Gasteiger partial charge in [-0.2, -0.15) is 0 Å². The number of amides is 2. The number of benzene rings is 2. The van der Waals surface area contributed by atoms with Crippen LogP contribution in [0.15, 0.2) is 42.5 Å². The second-order valence-corrected chi connectivity index (χ2v) is 10.8. The third-order valence-corrected chi connectivity index (χ3v) is 6.72. The Labute approximate surface area is 210 Å². The standard InChI is InChI=1S/C23H29Cl2N3O5S/c1-15(2)26-23(30)16(3)27(13-17-8-6-7-9-19(17)25)22(29)14-28(34(5,31)32)20-12-18(24)10-11-21(20)33-4/h6-12,15-16H,13-14H2,1-5H3,(H,26,30). The fourth-order valence-corrected chi connectivity index (χ4v) is 4.46. The highest BCUT2D eigenvalue weighted by Gasteiger charge is 2.31. The number of hydrogen-bond donors (Lipinski definition) is 1. The molecule has 0 fully saturated rings. The number of rotatable bonds is 10. The summed E-state index contributed by atoms with van der Waals surface area (Å²) in [7, 11) is -2.54. The number of ether oxygens (including phenoxy) is 1. The maximum absolute atomic E-state index is 13.5. The van der Waals surface area contributed by atoms with Crippen molar-refractivity contribution in [2.45, 2.75) is 39.4 Å². The Kier molecular flexibility index (Phi) is 9.61. The smallest absolute Gasteiger partial charge is 0.244 e. The van der Waals surface area contributed by atoms with E-state index in [2.05, 4.69) is 5.32 Å². The molecular formula is C23H29Cl2N3O5S. The number of sulfonamides is 1. The molecule has 8 nitrogen and oxygen atoms in total. The van der Waals surface area contributed by atoms with Crippen molar-refractivity contribution in [2.24, 2.45) is 0 Å². The molecule has 2 aromatic rings. The van der Waals surface area contributed by atoms with E-state index < -0.39 is 28.5 Å². The predicted molar refractivity (Wildman–Crippen MR) is 135 cm³/mol. The number of nitrogens with one attached hydrogen (secondary N) is 1. The van der Waals surface area contributed by atoms with Crippen LogP contribution in [0.3, 0.4) is 0 Å². The maximum atomic E-state index is 13.5. The number of methoxy groups -OCH3 is 1. The predicted octanol–water partition coefficient (Wildman–Crippen LogP) is 3.71. The molecule has 0 aliphatic carbocycles. The molecule has 0 spiro atoms. The Hall–Kier alpha value is -2.49. The van der Waals surface area contributed by atoms with E-state index in [9.17, 15) is 18.0 Å². The average Bonchev–Trinajstić information content (AvgIpc) is 2.75. The van der Waals surface area contributed by atoms with Crippen LogP contribution in [0.25, 0.3) is 0 Å². The molecule has 11 heteroatoms. The van der Waals surface area contributed by atoms with Gasteiger partial charge >= 0.3 is 0 Å². The van der Waals surface area contributed by atoms with Gasteiger partial charge in [-0.3, -0.25) is 13.9 Å². The first kappa shape index (κ1) is 27.8. The van der Waals surface area contributed by atoms with E-state index in [1.165, 1.54) is 24.1 Å². The van der Waals surface area contributed by atoms with Crippen LogP contribution >= 0.6 is 23.2 Å². The minimum absolute atomic E-state index is 0.00940. The third-order valence-electron chi connectivity index (χ3n) is 4.99. The van der Waals surface area contributed by atoms with Gasteiger partial charge in [-0.1, -0.05) is 41.4 Å². The van der Waals surface area contributed by atoms with Crippen molar-refractivity contribution in [2.75, 3.05) is 24.2 Å².